The minimum atomic E-state index is -0.533. The zero-order valence-electron chi connectivity index (χ0n) is 12.4. The number of carbonyl (C=O) groups is 1. The first-order chi connectivity index (χ1) is 9.81. The molecule has 0 aromatic heterocycles. The highest BCUT2D eigenvalue weighted by molar-refractivity contribution is 6.33. The second-order valence-electron chi connectivity index (χ2n) is 5.52. The van der Waals surface area contributed by atoms with E-state index in [1.54, 1.807) is 32.9 Å². The predicted octanol–water partition coefficient (Wildman–Crippen LogP) is 3.56. The second-order valence-corrected chi connectivity index (χ2v) is 5.93. The number of rotatable bonds is 5. The Morgan fingerprint density at radius 2 is 2.10 bits per heavy atom. The van der Waals surface area contributed by atoms with Crippen molar-refractivity contribution in [2.45, 2.75) is 38.8 Å². The van der Waals surface area contributed by atoms with Crippen molar-refractivity contribution in [3.05, 3.63) is 29.3 Å². The summed E-state index contributed by atoms with van der Waals surface area (Å²) in [5.74, 6) is 0. The number of halogens is 1. The number of para-hydroxylation sites is 1. The molecule has 0 aliphatic carbocycles. The van der Waals surface area contributed by atoms with Gasteiger partial charge in [0, 0.05) is 6.54 Å². The molecule has 114 valence electrons. The summed E-state index contributed by atoms with van der Waals surface area (Å²) < 4.78 is 5.12. The lowest BCUT2D eigenvalue weighted by Crippen LogP contribution is -2.34. The van der Waals surface area contributed by atoms with Crippen molar-refractivity contribution in [2.24, 2.45) is 0 Å². The number of ether oxygens (including phenoxy) is 1. The maximum Gasteiger partial charge on any atom is 0.407 e. The molecule has 0 radical (unpaired) electrons. The number of amides is 1. The van der Waals surface area contributed by atoms with Crippen LogP contribution in [0.15, 0.2) is 24.3 Å². The molecule has 0 bridgehead atoms. The number of hydrogen-bond donors (Lipinski definition) is 2. The molecule has 0 aliphatic heterocycles. The van der Waals surface area contributed by atoms with Crippen LogP contribution in [0.1, 0.15) is 27.2 Å². The molecule has 0 heterocycles. The molecule has 1 unspecified atom stereocenters. The van der Waals surface area contributed by atoms with Crippen LogP contribution in [0.2, 0.25) is 5.02 Å². The van der Waals surface area contributed by atoms with Gasteiger partial charge in [0.05, 0.1) is 16.8 Å². The highest BCUT2D eigenvalue weighted by Gasteiger charge is 2.16. The highest BCUT2D eigenvalue weighted by Crippen LogP contribution is 2.21. The SMILES string of the molecule is CC(C)(C)OC(=O)NCCC(C#N)Nc1ccccc1Cl. The van der Waals surface area contributed by atoms with E-state index in [2.05, 4.69) is 16.7 Å². The maximum atomic E-state index is 11.5. The fraction of sp³-hybridized carbons (Fsp3) is 0.467. The Morgan fingerprint density at radius 3 is 2.67 bits per heavy atom. The molecule has 1 aromatic carbocycles. The summed E-state index contributed by atoms with van der Waals surface area (Å²) in [6.45, 7) is 5.72. The summed E-state index contributed by atoms with van der Waals surface area (Å²) in [4.78, 5) is 11.5. The van der Waals surface area contributed by atoms with Gasteiger partial charge in [-0.05, 0) is 39.3 Å². The van der Waals surface area contributed by atoms with Gasteiger partial charge in [-0.15, -0.1) is 0 Å². The van der Waals surface area contributed by atoms with Gasteiger partial charge in [0.1, 0.15) is 11.6 Å². The van der Waals surface area contributed by atoms with Crippen molar-refractivity contribution in [1.82, 2.24) is 5.32 Å². The van der Waals surface area contributed by atoms with E-state index in [-0.39, 0.29) is 0 Å². The Morgan fingerprint density at radius 1 is 1.43 bits per heavy atom. The summed E-state index contributed by atoms with van der Waals surface area (Å²) in [5, 5.41) is 15.3. The molecule has 1 atom stereocenters. The van der Waals surface area contributed by atoms with Crippen LogP contribution in [0.3, 0.4) is 0 Å². The van der Waals surface area contributed by atoms with E-state index in [0.29, 0.717) is 23.7 Å². The van der Waals surface area contributed by atoms with Crippen LogP contribution >= 0.6 is 11.6 Å². The van der Waals surface area contributed by atoms with Crippen molar-refractivity contribution in [1.29, 1.82) is 5.26 Å². The van der Waals surface area contributed by atoms with Gasteiger partial charge in [-0.3, -0.25) is 0 Å². The van der Waals surface area contributed by atoms with Crippen molar-refractivity contribution in [2.75, 3.05) is 11.9 Å². The second kappa shape index (κ2) is 7.75. The lowest BCUT2D eigenvalue weighted by molar-refractivity contribution is 0.0527. The summed E-state index contributed by atoms with van der Waals surface area (Å²) in [5.41, 5.74) is 0.164. The average molecular weight is 310 g/mol. The summed E-state index contributed by atoms with van der Waals surface area (Å²) in [7, 11) is 0. The van der Waals surface area contributed by atoms with E-state index >= 15 is 0 Å². The number of nitriles is 1. The molecule has 0 saturated heterocycles. The lowest BCUT2D eigenvalue weighted by atomic mass is 10.2. The summed E-state index contributed by atoms with van der Waals surface area (Å²) >= 11 is 6.02. The molecule has 0 fully saturated rings. The van der Waals surface area contributed by atoms with E-state index in [1.165, 1.54) is 0 Å². The van der Waals surface area contributed by atoms with E-state index in [0.717, 1.165) is 0 Å². The molecule has 21 heavy (non-hydrogen) atoms. The minimum Gasteiger partial charge on any atom is -0.444 e. The Hall–Kier alpha value is -1.93. The molecule has 6 heteroatoms. The van der Waals surface area contributed by atoms with Gasteiger partial charge < -0.3 is 15.4 Å². The molecular weight excluding hydrogens is 290 g/mol. The molecule has 1 aromatic rings. The zero-order valence-corrected chi connectivity index (χ0v) is 13.2. The standard InChI is InChI=1S/C15H20ClN3O2/c1-15(2,3)21-14(20)18-9-8-11(10-17)19-13-7-5-4-6-12(13)16/h4-7,11,19H,8-9H2,1-3H3,(H,18,20). The third kappa shape index (κ3) is 6.87. The third-order valence-corrected chi connectivity index (χ3v) is 2.79. The Balaban J connectivity index is 2.41. The Kier molecular flexibility index (Phi) is 6.32. The van der Waals surface area contributed by atoms with Crippen molar-refractivity contribution >= 4 is 23.4 Å². The number of alkyl carbamates (subject to hydrolysis) is 1. The number of carbonyl (C=O) groups excluding carboxylic acids is 1. The first-order valence-electron chi connectivity index (χ1n) is 6.69. The number of hydrogen-bond acceptors (Lipinski definition) is 4. The number of benzene rings is 1. The molecule has 2 N–H and O–H groups in total. The van der Waals surface area contributed by atoms with Crippen LogP contribution in [0.25, 0.3) is 0 Å². The topological polar surface area (TPSA) is 74.1 Å². The van der Waals surface area contributed by atoms with E-state index < -0.39 is 17.7 Å². The van der Waals surface area contributed by atoms with Gasteiger partial charge in [-0.2, -0.15) is 5.26 Å². The fourth-order valence-electron chi connectivity index (χ4n) is 1.57. The third-order valence-electron chi connectivity index (χ3n) is 2.46. The van der Waals surface area contributed by atoms with Gasteiger partial charge in [-0.25, -0.2) is 4.79 Å². The molecule has 5 nitrogen and oxygen atoms in total. The minimum absolute atomic E-state index is 0.338. The van der Waals surface area contributed by atoms with Crippen molar-refractivity contribution in [3.8, 4) is 6.07 Å². The average Bonchev–Trinajstić information content (AvgIpc) is 2.37. The molecule has 1 amide bonds. The van der Waals surface area contributed by atoms with E-state index in [4.69, 9.17) is 21.6 Å². The molecule has 0 aliphatic rings. The normalized spacial score (nSPS) is 12.1. The van der Waals surface area contributed by atoms with Crippen LogP contribution < -0.4 is 10.6 Å². The number of anilines is 1. The molecule has 1 rings (SSSR count). The van der Waals surface area contributed by atoms with Gasteiger partial charge >= 0.3 is 6.09 Å². The summed E-state index contributed by atoms with van der Waals surface area (Å²) in [6, 6.07) is 8.89. The first-order valence-corrected chi connectivity index (χ1v) is 7.07. The monoisotopic (exact) mass is 309 g/mol. The van der Waals surface area contributed by atoms with Gasteiger partial charge in [-0.1, -0.05) is 23.7 Å². The van der Waals surface area contributed by atoms with E-state index in [1.807, 2.05) is 12.1 Å². The Labute approximate surface area is 130 Å². The van der Waals surface area contributed by atoms with Gasteiger partial charge in [0.15, 0.2) is 0 Å². The van der Waals surface area contributed by atoms with Crippen LogP contribution in [0, 0.1) is 11.3 Å². The van der Waals surface area contributed by atoms with Crippen LogP contribution in [-0.4, -0.2) is 24.3 Å². The number of nitrogens with one attached hydrogen (secondary N) is 2. The predicted molar refractivity (Wildman–Crippen MR) is 83.3 cm³/mol. The largest absolute Gasteiger partial charge is 0.444 e. The molecular formula is C15H20ClN3O2. The van der Waals surface area contributed by atoms with Crippen molar-refractivity contribution < 1.29 is 9.53 Å². The lowest BCUT2D eigenvalue weighted by Gasteiger charge is -2.20. The fourth-order valence-corrected chi connectivity index (χ4v) is 1.76. The van der Waals surface area contributed by atoms with Crippen LogP contribution in [0.4, 0.5) is 10.5 Å². The van der Waals surface area contributed by atoms with E-state index in [9.17, 15) is 4.79 Å². The van der Waals surface area contributed by atoms with Crippen LogP contribution in [0.5, 0.6) is 0 Å². The van der Waals surface area contributed by atoms with Crippen LogP contribution in [-0.2, 0) is 4.74 Å². The zero-order chi connectivity index (χ0) is 15.9. The quantitative estimate of drug-likeness (QED) is 0.872. The Bertz CT molecular complexity index is 520. The smallest absolute Gasteiger partial charge is 0.407 e. The van der Waals surface area contributed by atoms with Gasteiger partial charge in [0.25, 0.3) is 0 Å². The van der Waals surface area contributed by atoms with Crippen molar-refractivity contribution in [3.63, 3.8) is 0 Å². The maximum absolute atomic E-state index is 11.5. The number of nitrogens with zero attached hydrogens (tertiary/aromatic N) is 1. The summed E-state index contributed by atoms with van der Waals surface area (Å²) in [6.07, 6.45) is -0.0435. The van der Waals surface area contributed by atoms with Gasteiger partial charge in [0.2, 0.25) is 0 Å². The highest BCUT2D eigenvalue weighted by atomic mass is 35.5. The molecule has 0 spiro atoms. The first kappa shape index (κ1) is 17.1. The molecule has 0 saturated carbocycles.